The van der Waals surface area contributed by atoms with Crippen LogP contribution in [0.2, 0.25) is 0 Å². The Labute approximate surface area is 340 Å². The molecular weight excluding hydrogens is 701 g/mol. The van der Waals surface area contributed by atoms with E-state index in [9.17, 15) is 0 Å². The van der Waals surface area contributed by atoms with Gasteiger partial charge in [-0.1, -0.05) is 181 Å². The van der Waals surface area contributed by atoms with Crippen LogP contribution < -0.4 is 4.90 Å². The maximum atomic E-state index is 2.48. The van der Waals surface area contributed by atoms with Crippen LogP contribution in [0, 0.1) is 13.8 Å². The zero-order chi connectivity index (χ0) is 39.0. The van der Waals surface area contributed by atoms with Gasteiger partial charge in [-0.05, 0) is 95.8 Å². The highest BCUT2D eigenvalue weighted by Crippen LogP contribution is 2.48. The van der Waals surface area contributed by atoms with Crippen molar-refractivity contribution in [2.45, 2.75) is 13.8 Å². The minimum atomic E-state index is 1.09. The Hall–Kier alpha value is -7.42. The molecule has 9 aromatic carbocycles. The van der Waals surface area contributed by atoms with Gasteiger partial charge in [0.25, 0.3) is 0 Å². The van der Waals surface area contributed by atoms with E-state index in [2.05, 4.69) is 242 Å². The van der Waals surface area contributed by atoms with E-state index >= 15 is 0 Å². The predicted octanol–water partition coefficient (Wildman–Crippen LogP) is 15.5. The molecule has 276 valence electrons. The summed E-state index contributed by atoms with van der Waals surface area (Å²) in [7, 11) is 0. The molecule has 10 rings (SSSR count). The third kappa shape index (κ3) is 6.26. The molecule has 0 saturated carbocycles. The quantitative estimate of drug-likeness (QED) is 0.150. The van der Waals surface area contributed by atoms with Crippen molar-refractivity contribution in [2.75, 3.05) is 4.90 Å². The van der Waals surface area contributed by atoms with Crippen LogP contribution in [0.5, 0.6) is 0 Å². The molecule has 0 fully saturated rings. The second-order valence-electron chi connectivity index (χ2n) is 15.1. The number of hydrogen-bond acceptors (Lipinski definition) is 1. The molecule has 0 aliphatic carbocycles. The molecule has 0 radical (unpaired) electrons. The van der Waals surface area contributed by atoms with Crippen molar-refractivity contribution in [2.24, 2.45) is 0 Å². The van der Waals surface area contributed by atoms with Gasteiger partial charge in [-0.2, -0.15) is 0 Å². The van der Waals surface area contributed by atoms with Gasteiger partial charge in [0.2, 0.25) is 0 Å². The molecule has 0 bridgehead atoms. The maximum absolute atomic E-state index is 2.48. The lowest BCUT2D eigenvalue weighted by Crippen LogP contribution is -2.11. The third-order valence-corrected chi connectivity index (χ3v) is 11.4. The monoisotopic (exact) mass is 742 g/mol. The number of benzene rings is 9. The normalized spacial score (nSPS) is 11.3. The van der Waals surface area contributed by atoms with Crippen LogP contribution >= 0.6 is 0 Å². The van der Waals surface area contributed by atoms with E-state index in [1.165, 1.54) is 71.9 Å². The summed E-state index contributed by atoms with van der Waals surface area (Å²) in [6.45, 7) is 4.33. The van der Waals surface area contributed by atoms with Gasteiger partial charge in [-0.3, -0.25) is 0 Å². The summed E-state index contributed by atoms with van der Waals surface area (Å²) in [6, 6.07) is 79.5. The van der Waals surface area contributed by atoms with Crippen LogP contribution in [-0.2, 0) is 0 Å². The van der Waals surface area contributed by atoms with Gasteiger partial charge in [0, 0.05) is 27.6 Å². The van der Waals surface area contributed by atoms with Crippen LogP contribution in [0.25, 0.3) is 72.0 Å². The molecule has 0 N–H and O–H groups in total. The highest BCUT2D eigenvalue weighted by molar-refractivity contribution is 6.17. The molecule has 0 aliphatic heterocycles. The second kappa shape index (κ2) is 14.9. The molecular formula is C56H42N2. The molecule has 0 atom stereocenters. The molecule has 10 aromatic rings. The topological polar surface area (TPSA) is 8.17 Å². The molecule has 0 spiro atoms. The van der Waals surface area contributed by atoms with Gasteiger partial charge in [-0.25, -0.2) is 0 Å². The number of nitrogens with zero attached hydrogens (tertiary/aromatic N) is 2. The Bertz CT molecular complexity index is 3050. The largest absolute Gasteiger partial charge is 0.309 e. The van der Waals surface area contributed by atoms with Crippen LogP contribution in [0.4, 0.5) is 17.1 Å². The lowest BCUT2D eigenvalue weighted by atomic mass is 9.92. The highest BCUT2D eigenvalue weighted by atomic mass is 15.2. The highest BCUT2D eigenvalue weighted by Gasteiger charge is 2.24. The van der Waals surface area contributed by atoms with E-state index in [0.717, 1.165) is 28.3 Å². The van der Waals surface area contributed by atoms with E-state index in [-0.39, 0.29) is 0 Å². The smallest absolute Gasteiger partial charge is 0.0562 e. The third-order valence-electron chi connectivity index (χ3n) is 11.4. The summed E-state index contributed by atoms with van der Waals surface area (Å²) >= 11 is 0. The summed E-state index contributed by atoms with van der Waals surface area (Å²) < 4.78 is 2.48. The summed E-state index contributed by atoms with van der Waals surface area (Å²) in [5.74, 6) is 0. The minimum absolute atomic E-state index is 1.09. The van der Waals surface area contributed by atoms with E-state index in [1.54, 1.807) is 0 Å². The number of rotatable bonds is 8. The Morgan fingerprint density at radius 1 is 0.345 bits per heavy atom. The standard InChI is InChI=1S/C56H42N2/c1-39-28-31-44(32-29-39)47-21-11-13-24-51(47)57(45-35-33-42(34-36-45)41-16-5-3-6-17-41)54-26-15-27-55-56(54)49-23-12-14-25-52(49)58(55)53-37-30-40(2)38-50(53)48-22-10-9-20-46(48)43-18-7-4-8-19-43/h3-38H,1-2H3. The Morgan fingerprint density at radius 3 is 1.64 bits per heavy atom. The van der Waals surface area contributed by atoms with Gasteiger partial charge >= 0.3 is 0 Å². The van der Waals surface area contributed by atoms with E-state index in [1.807, 2.05) is 0 Å². The molecule has 2 heteroatoms. The van der Waals surface area contributed by atoms with Gasteiger partial charge < -0.3 is 9.47 Å². The van der Waals surface area contributed by atoms with Crippen molar-refractivity contribution in [1.29, 1.82) is 0 Å². The maximum Gasteiger partial charge on any atom is 0.0562 e. The molecule has 0 aliphatic rings. The fraction of sp³-hybridized carbons (Fsp3) is 0.0357. The number of fused-ring (bicyclic) bond motifs is 3. The number of aryl methyl sites for hydroxylation is 2. The Balaban J connectivity index is 1.24. The lowest BCUT2D eigenvalue weighted by Gasteiger charge is -2.29. The fourth-order valence-electron chi connectivity index (χ4n) is 8.58. The predicted molar refractivity (Wildman–Crippen MR) is 247 cm³/mol. The van der Waals surface area contributed by atoms with E-state index in [4.69, 9.17) is 0 Å². The van der Waals surface area contributed by atoms with Crippen LogP contribution in [-0.4, -0.2) is 4.57 Å². The van der Waals surface area contributed by atoms with Gasteiger partial charge in [0.1, 0.15) is 0 Å². The van der Waals surface area contributed by atoms with E-state index < -0.39 is 0 Å². The van der Waals surface area contributed by atoms with Gasteiger partial charge in [-0.15, -0.1) is 0 Å². The summed E-state index contributed by atoms with van der Waals surface area (Å²) in [5, 5.41) is 2.40. The molecule has 0 unspecified atom stereocenters. The molecule has 1 aromatic heterocycles. The first-order valence-corrected chi connectivity index (χ1v) is 20.0. The van der Waals surface area contributed by atoms with Crippen LogP contribution in [0.3, 0.4) is 0 Å². The van der Waals surface area contributed by atoms with Crippen molar-refractivity contribution < 1.29 is 0 Å². The number of hydrogen-bond donors (Lipinski definition) is 0. The van der Waals surface area contributed by atoms with Crippen molar-refractivity contribution in [3.63, 3.8) is 0 Å². The summed E-state index contributed by atoms with van der Waals surface area (Å²) in [5.41, 5.74) is 18.9. The number of aromatic nitrogens is 1. The van der Waals surface area contributed by atoms with Gasteiger partial charge in [0.05, 0.1) is 28.1 Å². The first kappa shape index (κ1) is 35.0. The Kier molecular flexibility index (Phi) is 9.01. The molecule has 58 heavy (non-hydrogen) atoms. The average Bonchev–Trinajstić information content (AvgIpc) is 3.63. The van der Waals surface area contributed by atoms with Crippen molar-refractivity contribution in [3.8, 4) is 50.2 Å². The zero-order valence-electron chi connectivity index (χ0n) is 32.7. The van der Waals surface area contributed by atoms with Gasteiger partial charge in [0.15, 0.2) is 0 Å². The van der Waals surface area contributed by atoms with Crippen molar-refractivity contribution >= 4 is 38.9 Å². The molecule has 0 saturated heterocycles. The fourth-order valence-corrected chi connectivity index (χ4v) is 8.58. The SMILES string of the molecule is Cc1ccc(-c2ccccc2N(c2ccc(-c3ccccc3)cc2)c2cccc3c2c2ccccc2n3-c2ccc(C)cc2-c2ccccc2-c2ccccc2)cc1. The first-order valence-electron chi connectivity index (χ1n) is 20.0. The van der Waals surface area contributed by atoms with Crippen LogP contribution in [0.1, 0.15) is 11.1 Å². The van der Waals surface area contributed by atoms with E-state index in [0.29, 0.717) is 0 Å². The van der Waals surface area contributed by atoms with Crippen molar-refractivity contribution in [3.05, 3.63) is 230 Å². The average molecular weight is 743 g/mol. The molecule has 2 nitrogen and oxygen atoms in total. The van der Waals surface area contributed by atoms with Crippen LogP contribution in [0.15, 0.2) is 218 Å². The molecule has 1 heterocycles. The molecule has 0 amide bonds. The minimum Gasteiger partial charge on any atom is -0.309 e. The summed E-state index contributed by atoms with van der Waals surface area (Å²) in [6.07, 6.45) is 0. The zero-order valence-corrected chi connectivity index (χ0v) is 32.7. The first-order chi connectivity index (χ1) is 28.6. The Morgan fingerprint density at radius 2 is 0.879 bits per heavy atom. The lowest BCUT2D eigenvalue weighted by molar-refractivity contribution is 1.17. The number of anilines is 3. The second-order valence-corrected chi connectivity index (χ2v) is 15.1. The summed E-state index contributed by atoms with van der Waals surface area (Å²) in [4.78, 5) is 2.46. The number of para-hydroxylation sites is 2. The van der Waals surface area contributed by atoms with Crippen molar-refractivity contribution in [1.82, 2.24) is 4.57 Å².